The molecular formula is C19H16ClF4NO3S. The number of alkyl halides is 3. The Morgan fingerprint density at radius 3 is 2.45 bits per heavy atom. The smallest absolute Gasteiger partial charge is 0.349 e. The van der Waals surface area contributed by atoms with Crippen molar-refractivity contribution < 1.29 is 30.8 Å². The van der Waals surface area contributed by atoms with Gasteiger partial charge in [0, 0.05) is 11.6 Å². The third-order valence-corrected chi connectivity index (χ3v) is 6.90. The van der Waals surface area contributed by atoms with E-state index in [-0.39, 0.29) is 33.2 Å². The summed E-state index contributed by atoms with van der Waals surface area (Å²) in [6.45, 7) is 0. The van der Waals surface area contributed by atoms with Crippen LogP contribution < -0.4 is 5.32 Å². The van der Waals surface area contributed by atoms with Gasteiger partial charge in [0.15, 0.2) is 9.84 Å². The van der Waals surface area contributed by atoms with E-state index in [2.05, 4.69) is 5.32 Å². The second-order valence-corrected chi connectivity index (χ2v) is 9.39. The van der Waals surface area contributed by atoms with E-state index >= 15 is 0 Å². The van der Waals surface area contributed by atoms with Gasteiger partial charge in [-0.05, 0) is 55.2 Å². The molecule has 2 aromatic carbocycles. The van der Waals surface area contributed by atoms with Crippen molar-refractivity contribution in [3.8, 4) is 0 Å². The van der Waals surface area contributed by atoms with Gasteiger partial charge >= 0.3 is 6.18 Å². The molecular weight excluding hydrogens is 434 g/mol. The van der Waals surface area contributed by atoms with Gasteiger partial charge in [0.05, 0.1) is 21.2 Å². The highest BCUT2D eigenvalue weighted by Gasteiger charge is 2.36. The summed E-state index contributed by atoms with van der Waals surface area (Å²) in [6.07, 6.45) is -3.88. The molecule has 10 heteroatoms. The van der Waals surface area contributed by atoms with Crippen LogP contribution in [0.1, 0.15) is 28.8 Å². The summed E-state index contributed by atoms with van der Waals surface area (Å²) < 4.78 is 76.4. The van der Waals surface area contributed by atoms with E-state index in [1.165, 1.54) is 12.1 Å². The monoisotopic (exact) mass is 449 g/mol. The predicted molar refractivity (Wildman–Crippen MR) is 98.9 cm³/mol. The van der Waals surface area contributed by atoms with Crippen LogP contribution in [0.15, 0.2) is 47.4 Å². The van der Waals surface area contributed by atoms with E-state index in [4.69, 9.17) is 11.6 Å². The maximum absolute atomic E-state index is 13.2. The van der Waals surface area contributed by atoms with E-state index in [1.807, 2.05) is 0 Å². The molecule has 1 amide bonds. The van der Waals surface area contributed by atoms with E-state index < -0.39 is 33.3 Å². The van der Waals surface area contributed by atoms with Crippen LogP contribution in [0, 0.1) is 11.7 Å². The molecule has 1 aliphatic carbocycles. The molecule has 0 bridgehead atoms. The number of benzene rings is 2. The zero-order chi connectivity index (χ0) is 21.4. The Morgan fingerprint density at radius 1 is 1.14 bits per heavy atom. The summed E-state index contributed by atoms with van der Waals surface area (Å²) in [7, 11) is -3.89. The van der Waals surface area contributed by atoms with E-state index in [9.17, 15) is 30.8 Å². The summed E-state index contributed by atoms with van der Waals surface area (Å²) in [6, 6.07) is 6.93. The number of hydrogen-bond acceptors (Lipinski definition) is 3. The number of hydrogen-bond donors (Lipinski definition) is 1. The first-order valence-corrected chi connectivity index (χ1v) is 10.6. The highest BCUT2D eigenvalue weighted by Crippen LogP contribution is 2.33. The highest BCUT2D eigenvalue weighted by atomic mass is 35.5. The van der Waals surface area contributed by atoms with Crippen LogP contribution >= 0.6 is 11.6 Å². The lowest BCUT2D eigenvalue weighted by Crippen LogP contribution is -2.46. The Kier molecular flexibility index (Phi) is 5.91. The molecule has 1 saturated carbocycles. The number of sulfone groups is 1. The predicted octanol–water partition coefficient (Wildman–Crippen LogP) is 4.48. The molecule has 0 heterocycles. The first kappa shape index (κ1) is 21.6. The van der Waals surface area contributed by atoms with Crippen molar-refractivity contribution in [2.75, 3.05) is 5.75 Å². The summed E-state index contributed by atoms with van der Waals surface area (Å²) in [4.78, 5) is 11.8. The van der Waals surface area contributed by atoms with Crippen molar-refractivity contribution >= 4 is 27.3 Å². The van der Waals surface area contributed by atoms with Gasteiger partial charge in [0.25, 0.3) is 5.91 Å². The first-order valence-electron chi connectivity index (χ1n) is 8.61. The highest BCUT2D eigenvalue weighted by molar-refractivity contribution is 7.91. The zero-order valence-electron chi connectivity index (χ0n) is 14.8. The normalized spacial score (nSPS) is 19.5. The third kappa shape index (κ3) is 5.08. The lowest BCUT2D eigenvalue weighted by atomic mass is 9.81. The summed E-state index contributed by atoms with van der Waals surface area (Å²) in [5.74, 6) is -1.69. The fraction of sp³-hybridized carbons (Fsp3) is 0.316. The number of rotatable bonds is 5. The van der Waals surface area contributed by atoms with Crippen molar-refractivity contribution in [1.29, 1.82) is 0 Å². The van der Waals surface area contributed by atoms with Crippen molar-refractivity contribution in [3.05, 3.63) is 64.4 Å². The average Bonchev–Trinajstić information content (AvgIpc) is 2.61. The van der Waals surface area contributed by atoms with Crippen LogP contribution in [0.2, 0.25) is 5.02 Å². The van der Waals surface area contributed by atoms with Gasteiger partial charge in [-0.2, -0.15) is 13.2 Å². The molecule has 1 fully saturated rings. The fourth-order valence-electron chi connectivity index (χ4n) is 3.17. The van der Waals surface area contributed by atoms with Crippen LogP contribution in [-0.4, -0.2) is 26.1 Å². The molecule has 156 valence electrons. The average molecular weight is 450 g/mol. The quantitative estimate of drug-likeness (QED) is 0.684. The lowest BCUT2D eigenvalue weighted by molar-refractivity contribution is -0.137. The number of carbonyl (C=O) groups is 1. The van der Waals surface area contributed by atoms with Gasteiger partial charge in [-0.1, -0.05) is 17.7 Å². The van der Waals surface area contributed by atoms with E-state index in [0.717, 1.165) is 24.3 Å². The second kappa shape index (κ2) is 7.95. The Hall–Kier alpha value is -2.13. The van der Waals surface area contributed by atoms with Gasteiger partial charge in [-0.25, -0.2) is 12.8 Å². The summed E-state index contributed by atoms with van der Waals surface area (Å²) >= 11 is 5.64. The molecule has 0 unspecified atom stereocenters. The van der Waals surface area contributed by atoms with Crippen LogP contribution in [0.4, 0.5) is 17.6 Å². The Bertz CT molecular complexity index is 1030. The van der Waals surface area contributed by atoms with Gasteiger partial charge in [0.2, 0.25) is 0 Å². The molecule has 2 aromatic rings. The van der Waals surface area contributed by atoms with E-state index in [0.29, 0.717) is 18.9 Å². The summed E-state index contributed by atoms with van der Waals surface area (Å²) in [5, 5.41) is 2.52. The SMILES string of the molecule is O=C(N[C@H]1C[C@H](CS(=O)(=O)c2cccc(C(F)(F)F)c2)C1)c1ccc(F)c(Cl)c1. The van der Waals surface area contributed by atoms with Crippen molar-refractivity contribution in [2.45, 2.75) is 30.0 Å². The molecule has 4 nitrogen and oxygen atoms in total. The molecule has 3 rings (SSSR count). The molecule has 1 aliphatic rings. The van der Waals surface area contributed by atoms with Crippen molar-refractivity contribution in [3.63, 3.8) is 0 Å². The number of carbonyl (C=O) groups excluding carboxylic acids is 1. The number of amides is 1. The standard InChI is InChI=1S/C19H16ClF4NO3S/c20-16-8-12(4-5-17(16)21)18(26)25-14-6-11(7-14)10-29(27,28)15-3-1-2-13(9-15)19(22,23)24/h1-5,8-9,11,14H,6-7,10H2,(H,25,26)/t11-,14-. The molecule has 0 aliphatic heterocycles. The Labute approximate surface area is 169 Å². The third-order valence-electron chi connectivity index (χ3n) is 4.73. The van der Waals surface area contributed by atoms with Gasteiger partial charge in [-0.15, -0.1) is 0 Å². The van der Waals surface area contributed by atoms with Crippen LogP contribution in [0.25, 0.3) is 0 Å². The minimum absolute atomic E-state index is 0.177. The van der Waals surface area contributed by atoms with Gasteiger partial charge < -0.3 is 5.32 Å². The minimum atomic E-state index is -4.62. The summed E-state index contributed by atoms with van der Waals surface area (Å²) in [5.41, 5.74) is -0.841. The number of halogens is 5. The zero-order valence-corrected chi connectivity index (χ0v) is 16.4. The molecule has 29 heavy (non-hydrogen) atoms. The van der Waals surface area contributed by atoms with Crippen LogP contribution in [0.5, 0.6) is 0 Å². The fourth-order valence-corrected chi connectivity index (χ4v) is 5.03. The minimum Gasteiger partial charge on any atom is -0.349 e. The van der Waals surface area contributed by atoms with Crippen molar-refractivity contribution in [2.24, 2.45) is 5.92 Å². The Morgan fingerprint density at radius 2 is 1.83 bits per heavy atom. The van der Waals surface area contributed by atoms with Crippen molar-refractivity contribution in [1.82, 2.24) is 5.32 Å². The van der Waals surface area contributed by atoms with Gasteiger partial charge in [0.1, 0.15) is 5.82 Å². The molecule has 0 radical (unpaired) electrons. The van der Waals surface area contributed by atoms with Gasteiger partial charge in [-0.3, -0.25) is 4.79 Å². The molecule has 0 spiro atoms. The van der Waals surface area contributed by atoms with E-state index in [1.54, 1.807) is 0 Å². The maximum Gasteiger partial charge on any atom is 0.416 e. The topological polar surface area (TPSA) is 63.2 Å². The lowest BCUT2D eigenvalue weighted by Gasteiger charge is -2.35. The molecule has 0 atom stereocenters. The second-order valence-electron chi connectivity index (χ2n) is 6.94. The molecule has 1 N–H and O–H groups in total. The number of nitrogens with one attached hydrogen (secondary N) is 1. The first-order chi connectivity index (χ1) is 13.5. The Balaban J connectivity index is 1.57. The van der Waals surface area contributed by atoms with Crippen LogP contribution in [-0.2, 0) is 16.0 Å². The molecule has 0 aromatic heterocycles. The van der Waals surface area contributed by atoms with Crippen LogP contribution in [0.3, 0.4) is 0 Å². The molecule has 0 saturated heterocycles. The largest absolute Gasteiger partial charge is 0.416 e. The maximum atomic E-state index is 13.2.